The van der Waals surface area contributed by atoms with Gasteiger partial charge in [0.1, 0.15) is 11.5 Å². The van der Waals surface area contributed by atoms with E-state index in [4.69, 9.17) is 5.26 Å². The van der Waals surface area contributed by atoms with Gasteiger partial charge < -0.3 is 5.32 Å². The minimum absolute atomic E-state index is 0.149. The minimum Gasteiger partial charge on any atom is -0.316 e. The molecule has 0 aromatic heterocycles. The van der Waals surface area contributed by atoms with E-state index in [9.17, 15) is 8.78 Å². The van der Waals surface area contributed by atoms with Crippen LogP contribution in [0.2, 0.25) is 0 Å². The maximum absolute atomic E-state index is 14.4. The van der Waals surface area contributed by atoms with Crippen LogP contribution in [-0.2, 0) is 6.42 Å². The molecular formula is C14H16F2N2. The summed E-state index contributed by atoms with van der Waals surface area (Å²) in [5.74, 6) is -0.117. The third-order valence-corrected chi connectivity index (χ3v) is 3.24. The number of halogens is 2. The molecule has 1 N–H and O–H groups in total. The summed E-state index contributed by atoms with van der Waals surface area (Å²) >= 11 is 0. The van der Waals surface area contributed by atoms with Crippen molar-refractivity contribution in [1.82, 2.24) is 5.32 Å². The van der Waals surface area contributed by atoms with E-state index in [1.807, 2.05) is 6.07 Å². The fraction of sp³-hybridized carbons (Fsp3) is 0.500. The van der Waals surface area contributed by atoms with Crippen LogP contribution in [0.5, 0.6) is 0 Å². The van der Waals surface area contributed by atoms with Gasteiger partial charge in [-0.2, -0.15) is 5.26 Å². The molecule has 0 amide bonds. The van der Waals surface area contributed by atoms with Crippen molar-refractivity contribution in [2.45, 2.75) is 25.4 Å². The predicted octanol–water partition coefficient (Wildman–Crippen LogP) is 2.58. The van der Waals surface area contributed by atoms with Gasteiger partial charge in [-0.05, 0) is 56.1 Å². The zero-order valence-electron chi connectivity index (χ0n) is 10.3. The van der Waals surface area contributed by atoms with Gasteiger partial charge in [0.2, 0.25) is 0 Å². The fourth-order valence-electron chi connectivity index (χ4n) is 2.41. The Morgan fingerprint density at radius 2 is 2.17 bits per heavy atom. The number of benzene rings is 1. The second-order valence-electron chi connectivity index (χ2n) is 5.28. The van der Waals surface area contributed by atoms with Crippen LogP contribution in [0, 0.1) is 23.1 Å². The van der Waals surface area contributed by atoms with E-state index in [-0.39, 0.29) is 12.0 Å². The smallest absolute Gasteiger partial charge is 0.124 e. The monoisotopic (exact) mass is 250 g/mol. The third-order valence-electron chi connectivity index (χ3n) is 3.24. The van der Waals surface area contributed by atoms with Crippen molar-refractivity contribution in [2.24, 2.45) is 5.92 Å². The highest BCUT2D eigenvalue weighted by molar-refractivity contribution is 5.34. The first-order chi connectivity index (χ1) is 8.48. The molecule has 1 heterocycles. The first kappa shape index (κ1) is 13.0. The summed E-state index contributed by atoms with van der Waals surface area (Å²) in [6.07, 6.45) is 0.619. The van der Waals surface area contributed by atoms with Gasteiger partial charge in [0.25, 0.3) is 0 Å². The highest BCUT2D eigenvalue weighted by Gasteiger charge is 2.31. The van der Waals surface area contributed by atoms with E-state index in [1.54, 1.807) is 13.0 Å². The second kappa shape index (κ2) is 5.03. The summed E-state index contributed by atoms with van der Waals surface area (Å²) in [5, 5.41) is 11.9. The molecule has 1 saturated heterocycles. The maximum Gasteiger partial charge on any atom is 0.124 e. The molecule has 1 aliphatic heterocycles. The summed E-state index contributed by atoms with van der Waals surface area (Å²) in [4.78, 5) is 0. The number of nitrogens with one attached hydrogen (secondary N) is 1. The molecule has 1 aromatic rings. The van der Waals surface area contributed by atoms with Crippen molar-refractivity contribution in [1.29, 1.82) is 5.26 Å². The van der Waals surface area contributed by atoms with Crippen molar-refractivity contribution in [3.8, 4) is 6.07 Å². The number of nitriles is 1. The lowest BCUT2D eigenvalue weighted by Gasteiger charge is -2.32. The van der Waals surface area contributed by atoms with Crippen LogP contribution in [0.15, 0.2) is 18.2 Å². The van der Waals surface area contributed by atoms with Crippen LogP contribution in [0.25, 0.3) is 0 Å². The average Bonchev–Trinajstić information content (AvgIpc) is 2.22. The van der Waals surface area contributed by atoms with Crippen LogP contribution < -0.4 is 5.32 Å². The molecule has 0 spiro atoms. The van der Waals surface area contributed by atoms with E-state index >= 15 is 0 Å². The van der Waals surface area contributed by atoms with E-state index in [1.165, 1.54) is 6.07 Å². The number of rotatable bonds is 4. The van der Waals surface area contributed by atoms with E-state index in [2.05, 4.69) is 5.32 Å². The van der Waals surface area contributed by atoms with Crippen molar-refractivity contribution in [2.75, 3.05) is 13.1 Å². The maximum atomic E-state index is 14.4. The summed E-state index contributed by atoms with van der Waals surface area (Å²) < 4.78 is 27.6. The highest BCUT2D eigenvalue weighted by Crippen LogP contribution is 2.28. The molecule has 2 rings (SSSR count). The predicted molar refractivity (Wildman–Crippen MR) is 65.3 cm³/mol. The Morgan fingerprint density at radius 1 is 1.44 bits per heavy atom. The molecule has 1 atom stereocenters. The van der Waals surface area contributed by atoms with E-state index in [0.29, 0.717) is 17.9 Å². The fourth-order valence-corrected chi connectivity index (χ4v) is 2.41. The van der Waals surface area contributed by atoms with Gasteiger partial charge >= 0.3 is 0 Å². The van der Waals surface area contributed by atoms with Crippen LogP contribution in [0.1, 0.15) is 24.5 Å². The minimum atomic E-state index is -1.35. The van der Waals surface area contributed by atoms with Gasteiger partial charge in [-0.25, -0.2) is 8.78 Å². The van der Waals surface area contributed by atoms with Crippen LogP contribution in [-0.4, -0.2) is 18.8 Å². The Hall–Kier alpha value is -1.47. The number of hydrogen-bond acceptors (Lipinski definition) is 2. The molecule has 96 valence electrons. The Balaban J connectivity index is 2.07. The Morgan fingerprint density at radius 3 is 2.72 bits per heavy atom. The molecule has 18 heavy (non-hydrogen) atoms. The lowest BCUT2D eigenvalue weighted by atomic mass is 9.85. The molecule has 1 aromatic carbocycles. The molecule has 0 saturated carbocycles. The van der Waals surface area contributed by atoms with Gasteiger partial charge in [0.05, 0.1) is 11.6 Å². The number of alkyl halides is 1. The van der Waals surface area contributed by atoms with E-state index in [0.717, 1.165) is 19.2 Å². The van der Waals surface area contributed by atoms with Crippen molar-refractivity contribution < 1.29 is 8.78 Å². The van der Waals surface area contributed by atoms with Gasteiger partial charge in [-0.15, -0.1) is 0 Å². The molecule has 1 aliphatic rings. The lowest BCUT2D eigenvalue weighted by molar-refractivity contribution is 0.124. The van der Waals surface area contributed by atoms with Crippen molar-refractivity contribution >= 4 is 0 Å². The lowest BCUT2D eigenvalue weighted by Crippen LogP contribution is -2.45. The molecule has 0 aliphatic carbocycles. The average molecular weight is 250 g/mol. The van der Waals surface area contributed by atoms with Crippen LogP contribution in [0.4, 0.5) is 8.78 Å². The highest BCUT2D eigenvalue weighted by atomic mass is 19.1. The molecular weight excluding hydrogens is 234 g/mol. The van der Waals surface area contributed by atoms with Crippen molar-refractivity contribution in [3.63, 3.8) is 0 Å². The first-order valence-electron chi connectivity index (χ1n) is 6.08. The van der Waals surface area contributed by atoms with Gasteiger partial charge in [0.15, 0.2) is 0 Å². The Labute approximate surface area is 106 Å². The zero-order valence-corrected chi connectivity index (χ0v) is 10.3. The number of nitrogens with zero attached hydrogens (tertiary/aromatic N) is 1. The van der Waals surface area contributed by atoms with Crippen LogP contribution in [0.3, 0.4) is 0 Å². The van der Waals surface area contributed by atoms with Crippen molar-refractivity contribution in [3.05, 3.63) is 35.1 Å². The summed E-state index contributed by atoms with van der Waals surface area (Å²) in [6, 6.07) is 5.91. The molecule has 4 heteroatoms. The summed E-state index contributed by atoms with van der Waals surface area (Å²) in [7, 11) is 0. The van der Waals surface area contributed by atoms with Gasteiger partial charge in [-0.1, -0.05) is 0 Å². The summed E-state index contributed by atoms with van der Waals surface area (Å²) in [6.45, 7) is 3.25. The van der Waals surface area contributed by atoms with Crippen LogP contribution >= 0.6 is 0 Å². The molecule has 0 radical (unpaired) electrons. The van der Waals surface area contributed by atoms with Gasteiger partial charge in [-0.3, -0.25) is 0 Å². The standard InChI is InChI=1S/C14H16F2N2/c1-14(16,6-12-8-18-9-12)5-10-2-11(7-17)4-13(15)3-10/h2-4,12,18H,5-6,8-9H2,1H3. The van der Waals surface area contributed by atoms with E-state index < -0.39 is 11.5 Å². The molecule has 0 bridgehead atoms. The van der Waals surface area contributed by atoms with Gasteiger partial charge in [0, 0.05) is 6.42 Å². The normalized spacial score (nSPS) is 18.8. The second-order valence-corrected chi connectivity index (χ2v) is 5.28. The SMILES string of the molecule is CC(F)(Cc1cc(F)cc(C#N)c1)CC1CNC1. The largest absolute Gasteiger partial charge is 0.316 e. The Bertz CT molecular complexity index is 473. The third kappa shape index (κ3) is 3.27. The topological polar surface area (TPSA) is 35.8 Å². The zero-order chi connectivity index (χ0) is 13.2. The Kier molecular flexibility index (Phi) is 3.63. The quantitative estimate of drug-likeness (QED) is 0.891. The number of hydrogen-bond donors (Lipinski definition) is 1. The molecule has 1 unspecified atom stereocenters. The first-order valence-corrected chi connectivity index (χ1v) is 6.08. The summed E-state index contributed by atoms with van der Waals surface area (Å²) in [5.41, 5.74) is -0.567. The molecule has 2 nitrogen and oxygen atoms in total. The molecule has 1 fully saturated rings.